The van der Waals surface area contributed by atoms with Crippen molar-refractivity contribution in [2.24, 2.45) is 0 Å². The van der Waals surface area contributed by atoms with Gasteiger partial charge in [0, 0.05) is 22.0 Å². The van der Waals surface area contributed by atoms with Crippen molar-refractivity contribution in [3.63, 3.8) is 0 Å². The molecule has 6 aromatic rings. The molecule has 5 nitrogen and oxygen atoms in total. The molecule has 4 aromatic carbocycles. The highest BCUT2D eigenvalue weighted by atomic mass is 15.0. The second-order valence-electron chi connectivity index (χ2n) is 9.05. The monoisotopic (exact) mass is 465 g/mol. The van der Waals surface area contributed by atoms with Gasteiger partial charge < -0.3 is 4.57 Å². The molecule has 0 aliphatic rings. The van der Waals surface area contributed by atoms with Crippen molar-refractivity contribution < 1.29 is 0 Å². The Hall–Kier alpha value is -4.82. The second kappa shape index (κ2) is 8.44. The molecule has 2 heterocycles. The molecule has 0 unspecified atom stereocenters. The van der Waals surface area contributed by atoms with Crippen LogP contribution in [0, 0.1) is 32.1 Å². The van der Waals surface area contributed by atoms with Crippen molar-refractivity contribution >= 4 is 21.8 Å². The van der Waals surface area contributed by atoms with Crippen molar-refractivity contribution in [2.75, 3.05) is 0 Å². The molecule has 5 heteroatoms. The van der Waals surface area contributed by atoms with Gasteiger partial charge in [-0.2, -0.15) is 5.26 Å². The molecule has 0 spiro atoms. The Bertz CT molecular complexity index is 1800. The summed E-state index contributed by atoms with van der Waals surface area (Å²) in [5, 5.41) is 12.2. The van der Waals surface area contributed by atoms with E-state index < -0.39 is 0 Å². The van der Waals surface area contributed by atoms with Crippen LogP contribution in [-0.4, -0.2) is 19.5 Å². The Balaban J connectivity index is 1.63. The molecule has 0 aliphatic heterocycles. The van der Waals surface area contributed by atoms with Crippen molar-refractivity contribution in [1.29, 1.82) is 5.26 Å². The summed E-state index contributed by atoms with van der Waals surface area (Å²) in [5.41, 5.74) is 7.96. The molecule has 2 aromatic heterocycles. The number of benzene rings is 4. The lowest BCUT2D eigenvalue weighted by molar-refractivity contribution is 0.927. The van der Waals surface area contributed by atoms with Gasteiger partial charge in [0.25, 0.3) is 0 Å². The van der Waals surface area contributed by atoms with Crippen LogP contribution >= 0.6 is 0 Å². The molecular weight excluding hydrogens is 442 g/mol. The summed E-state index contributed by atoms with van der Waals surface area (Å²) < 4.78 is 2.26. The quantitative estimate of drug-likeness (QED) is 0.280. The van der Waals surface area contributed by atoms with Crippen LogP contribution < -0.4 is 0 Å². The largest absolute Gasteiger partial charge is 0.309 e. The number of nitriles is 1. The van der Waals surface area contributed by atoms with Crippen molar-refractivity contribution in [3.05, 3.63) is 108 Å². The first kappa shape index (κ1) is 21.7. The smallest absolute Gasteiger partial charge is 0.164 e. The van der Waals surface area contributed by atoms with E-state index in [1.54, 1.807) is 0 Å². The molecule has 0 saturated heterocycles. The summed E-state index contributed by atoms with van der Waals surface area (Å²) in [6.45, 7) is 5.78. The Morgan fingerprint density at radius 2 is 1.36 bits per heavy atom. The Labute approximate surface area is 209 Å². The molecule has 0 saturated carbocycles. The molecule has 36 heavy (non-hydrogen) atoms. The van der Waals surface area contributed by atoms with Crippen LogP contribution in [0.3, 0.4) is 0 Å². The summed E-state index contributed by atoms with van der Waals surface area (Å²) in [5.74, 6) is 1.78. The van der Waals surface area contributed by atoms with Crippen molar-refractivity contribution in [2.45, 2.75) is 20.8 Å². The topological polar surface area (TPSA) is 67.4 Å². The van der Waals surface area contributed by atoms with Gasteiger partial charge in [0.2, 0.25) is 0 Å². The Kier molecular flexibility index (Phi) is 5.09. The summed E-state index contributed by atoms with van der Waals surface area (Å²) in [6.07, 6.45) is 0. The zero-order valence-electron chi connectivity index (χ0n) is 20.3. The highest BCUT2D eigenvalue weighted by molar-refractivity contribution is 6.10. The number of aromatic nitrogens is 4. The van der Waals surface area contributed by atoms with Crippen molar-refractivity contribution in [1.82, 2.24) is 19.5 Å². The number of hydrogen-bond acceptors (Lipinski definition) is 4. The maximum absolute atomic E-state index is 9.84. The first-order valence-electron chi connectivity index (χ1n) is 11.9. The normalized spacial score (nSPS) is 11.2. The van der Waals surface area contributed by atoms with Crippen LogP contribution in [0.4, 0.5) is 0 Å². The van der Waals surface area contributed by atoms with Gasteiger partial charge in [0.15, 0.2) is 5.82 Å². The number of aryl methyl sites for hydroxylation is 3. The molecule has 0 bridgehead atoms. The second-order valence-corrected chi connectivity index (χ2v) is 9.05. The lowest BCUT2D eigenvalue weighted by Crippen LogP contribution is -2.02. The van der Waals surface area contributed by atoms with Gasteiger partial charge in [-0.1, -0.05) is 60.2 Å². The third-order valence-corrected chi connectivity index (χ3v) is 6.54. The van der Waals surface area contributed by atoms with E-state index in [2.05, 4.69) is 99.2 Å². The third kappa shape index (κ3) is 3.60. The first-order chi connectivity index (χ1) is 17.5. The molecule has 0 aliphatic carbocycles. The van der Waals surface area contributed by atoms with Gasteiger partial charge in [-0.15, -0.1) is 0 Å². The van der Waals surface area contributed by atoms with E-state index in [0.29, 0.717) is 28.6 Å². The number of para-hydroxylation sites is 1. The summed E-state index contributed by atoms with van der Waals surface area (Å²) in [4.78, 5) is 13.4. The minimum atomic E-state index is 0.513. The Morgan fingerprint density at radius 1 is 0.667 bits per heavy atom. The van der Waals surface area contributed by atoms with Gasteiger partial charge in [-0.05, 0) is 62.2 Å². The minimum Gasteiger partial charge on any atom is -0.309 e. The SMILES string of the molecule is Cc1ccc(-c2ccc3c4ccccc4n(-c4ccc(C#N)c(-c5nc(C)nc(C)n5)c4)c3c2)cc1. The predicted octanol–water partition coefficient (Wildman–Crippen LogP) is 7.10. The summed E-state index contributed by atoms with van der Waals surface area (Å²) in [7, 11) is 0. The van der Waals surface area contributed by atoms with E-state index in [0.717, 1.165) is 22.3 Å². The summed E-state index contributed by atoms with van der Waals surface area (Å²) in [6, 6.07) is 31.8. The van der Waals surface area contributed by atoms with Crippen LogP contribution in [0.1, 0.15) is 22.8 Å². The maximum atomic E-state index is 9.84. The molecule has 0 N–H and O–H groups in total. The number of fused-ring (bicyclic) bond motifs is 3. The van der Waals surface area contributed by atoms with Crippen LogP contribution in [0.25, 0.3) is 50.0 Å². The minimum absolute atomic E-state index is 0.513. The fourth-order valence-electron chi connectivity index (χ4n) is 4.86. The van der Waals surface area contributed by atoms with Gasteiger partial charge in [0.05, 0.1) is 22.7 Å². The molecule has 0 amide bonds. The number of nitrogens with zero attached hydrogens (tertiary/aromatic N) is 5. The first-order valence-corrected chi connectivity index (χ1v) is 11.9. The molecule has 172 valence electrons. The summed E-state index contributed by atoms with van der Waals surface area (Å²) >= 11 is 0. The van der Waals surface area contributed by atoms with Gasteiger partial charge in [0.1, 0.15) is 11.6 Å². The van der Waals surface area contributed by atoms with E-state index >= 15 is 0 Å². The maximum Gasteiger partial charge on any atom is 0.164 e. The predicted molar refractivity (Wildman–Crippen MR) is 144 cm³/mol. The number of hydrogen-bond donors (Lipinski definition) is 0. The highest BCUT2D eigenvalue weighted by Crippen LogP contribution is 2.36. The molecule has 0 atom stereocenters. The zero-order valence-corrected chi connectivity index (χ0v) is 20.3. The van der Waals surface area contributed by atoms with Crippen LogP contribution in [0.5, 0.6) is 0 Å². The molecular formula is C31H23N5. The third-order valence-electron chi connectivity index (χ3n) is 6.54. The van der Waals surface area contributed by atoms with E-state index in [4.69, 9.17) is 0 Å². The van der Waals surface area contributed by atoms with Crippen LogP contribution in [-0.2, 0) is 0 Å². The van der Waals surface area contributed by atoms with E-state index in [1.165, 1.54) is 21.9 Å². The lowest BCUT2D eigenvalue weighted by Gasteiger charge is -2.12. The van der Waals surface area contributed by atoms with E-state index in [-0.39, 0.29) is 0 Å². The van der Waals surface area contributed by atoms with Crippen LogP contribution in [0.15, 0.2) is 84.9 Å². The van der Waals surface area contributed by atoms with Gasteiger partial charge in [-0.3, -0.25) is 0 Å². The van der Waals surface area contributed by atoms with Crippen LogP contribution in [0.2, 0.25) is 0 Å². The number of rotatable bonds is 3. The standard InChI is InChI=1S/C31H23N5/c1-19-8-10-22(11-9-19)23-13-15-27-26-6-4-5-7-29(26)36(30(27)16-23)25-14-12-24(18-32)28(17-25)31-34-20(2)33-21(3)35-31/h4-17H,1-3H3. The van der Waals surface area contributed by atoms with Crippen molar-refractivity contribution in [3.8, 4) is 34.3 Å². The van der Waals surface area contributed by atoms with Gasteiger partial charge >= 0.3 is 0 Å². The van der Waals surface area contributed by atoms with Gasteiger partial charge in [-0.25, -0.2) is 15.0 Å². The zero-order chi connectivity index (χ0) is 24.8. The molecule has 6 rings (SSSR count). The fourth-order valence-corrected chi connectivity index (χ4v) is 4.86. The lowest BCUT2D eigenvalue weighted by atomic mass is 10.0. The fraction of sp³-hybridized carbons (Fsp3) is 0.0968. The van der Waals surface area contributed by atoms with E-state index in [1.807, 2.05) is 32.0 Å². The van der Waals surface area contributed by atoms with E-state index in [9.17, 15) is 5.26 Å². The highest BCUT2D eigenvalue weighted by Gasteiger charge is 2.16. The molecule has 0 fully saturated rings. The average Bonchev–Trinajstić information content (AvgIpc) is 3.22. The Morgan fingerprint density at radius 3 is 2.11 bits per heavy atom. The molecule has 0 radical (unpaired) electrons. The average molecular weight is 466 g/mol.